The van der Waals surface area contributed by atoms with Crippen molar-refractivity contribution >= 4 is 46.7 Å². The zero-order chi connectivity index (χ0) is 29.2. The molecule has 1 aliphatic rings. The summed E-state index contributed by atoms with van der Waals surface area (Å²) < 4.78 is 40.7. The van der Waals surface area contributed by atoms with Crippen LogP contribution in [0.25, 0.3) is 0 Å². The molecule has 214 valence electrons. The summed E-state index contributed by atoms with van der Waals surface area (Å²) in [7, 11) is 0. The number of hydrogen-bond donors (Lipinski definition) is 1. The van der Waals surface area contributed by atoms with Gasteiger partial charge in [0, 0.05) is 23.5 Å². The van der Waals surface area contributed by atoms with Gasteiger partial charge in [-0.25, -0.2) is 9.98 Å². The molecule has 0 radical (unpaired) electrons. The monoisotopic (exact) mass is 580 g/mol. The van der Waals surface area contributed by atoms with Crippen LogP contribution in [0.1, 0.15) is 37.0 Å². The molecule has 7 nitrogen and oxygen atoms in total. The lowest BCUT2D eigenvalue weighted by Crippen LogP contribution is -2.34. The molecule has 0 aliphatic carbocycles. The molecule has 0 aromatic heterocycles. The zero-order valence-electron chi connectivity index (χ0n) is 22.8. The number of rotatable bonds is 9. The minimum atomic E-state index is -4.74. The number of nitrogens with two attached hydrogens (primary N) is 1. The highest BCUT2D eigenvalue weighted by Gasteiger charge is 2.31. The number of nitrogens with zero attached hydrogens (tertiary/aromatic N) is 5. The van der Waals surface area contributed by atoms with Crippen molar-refractivity contribution < 1.29 is 17.9 Å². The van der Waals surface area contributed by atoms with E-state index in [1.165, 1.54) is 41.9 Å². The fourth-order valence-electron chi connectivity index (χ4n) is 4.10. The van der Waals surface area contributed by atoms with E-state index >= 15 is 0 Å². The van der Waals surface area contributed by atoms with Crippen LogP contribution in [0.4, 0.5) is 24.5 Å². The van der Waals surface area contributed by atoms with Crippen LogP contribution in [0.15, 0.2) is 93.0 Å². The fourth-order valence-corrected chi connectivity index (χ4v) is 5.01. The molecule has 3 aromatic rings. The normalized spacial score (nSPS) is 15.9. The highest BCUT2D eigenvalue weighted by molar-refractivity contribution is 8.14. The highest BCUT2D eigenvalue weighted by Crippen LogP contribution is 2.29. The Morgan fingerprint density at radius 3 is 2.49 bits per heavy atom. The summed E-state index contributed by atoms with van der Waals surface area (Å²) in [6, 6.07) is 21.0. The average molecular weight is 581 g/mol. The lowest BCUT2D eigenvalue weighted by atomic mass is 10.0. The minimum absolute atomic E-state index is 0.240. The van der Waals surface area contributed by atoms with Gasteiger partial charge in [-0.3, -0.25) is 0 Å². The Bertz CT molecular complexity index is 1420. The van der Waals surface area contributed by atoms with Gasteiger partial charge in [0.25, 0.3) is 0 Å². The van der Waals surface area contributed by atoms with E-state index in [1.807, 2.05) is 24.3 Å². The first kappa shape index (κ1) is 29.9. The summed E-state index contributed by atoms with van der Waals surface area (Å²) in [5, 5.41) is 9.80. The number of thioether (sulfide) groups is 1. The molecule has 0 atom stereocenters. The van der Waals surface area contributed by atoms with Gasteiger partial charge in [-0.1, -0.05) is 68.1 Å². The maximum atomic E-state index is 12.3. The molecule has 1 heterocycles. The molecule has 0 unspecified atom stereocenters. The fraction of sp³-hybridized carbons (Fsp3) is 0.267. The summed E-state index contributed by atoms with van der Waals surface area (Å²) in [6.07, 6.45) is 0.292. The Kier molecular flexibility index (Phi) is 10.2. The summed E-state index contributed by atoms with van der Waals surface area (Å²) >= 11 is 1.71. The number of amidine groups is 2. The Morgan fingerprint density at radius 1 is 1.05 bits per heavy atom. The zero-order valence-corrected chi connectivity index (χ0v) is 23.6. The molecule has 1 aliphatic heterocycles. The molecule has 0 amide bonds. The maximum Gasteiger partial charge on any atom is 0.573 e. The maximum absolute atomic E-state index is 12.3. The first-order valence-electron chi connectivity index (χ1n) is 13.1. The number of alkyl halides is 3. The first-order valence-corrected chi connectivity index (χ1v) is 14.1. The van der Waals surface area contributed by atoms with Gasteiger partial charge < -0.3 is 15.4 Å². The molecule has 1 fully saturated rings. The minimum Gasteiger partial charge on any atom is -0.406 e. The lowest BCUT2D eigenvalue weighted by Gasteiger charge is -2.31. The van der Waals surface area contributed by atoms with Gasteiger partial charge in [-0.05, 0) is 60.2 Å². The summed E-state index contributed by atoms with van der Waals surface area (Å²) in [5.74, 6) is 1.48. The molecule has 3 aromatic carbocycles. The number of ether oxygens (including phenoxy) is 1. The van der Waals surface area contributed by atoms with Crippen LogP contribution in [-0.2, 0) is 6.42 Å². The van der Waals surface area contributed by atoms with E-state index in [0.29, 0.717) is 17.2 Å². The summed E-state index contributed by atoms with van der Waals surface area (Å²) in [5.41, 5.74) is 10.5. The van der Waals surface area contributed by atoms with E-state index in [-0.39, 0.29) is 11.6 Å². The molecule has 4 rings (SSSR count). The van der Waals surface area contributed by atoms with Crippen molar-refractivity contribution in [2.75, 3.05) is 17.2 Å². The molecule has 2 N–H and O–H groups in total. The SMILES string of the molecule is CC(C)Cc1ccccc1N1CCCS/C1=N\N=C\c1ccc(C(N)=NC=Nc2ccc(OC(F)(F)F)cc2)cc1. The van der Waals surface area contributed by atoms with Crippen LogP contribution in [0, 0.1) is 5.92 Å². The van der Waals surface area contributed by atoms with E-state index in [4.69, 9.17) is 5.73 Å². The number of aliphatic imine (C=N–C) groups is 2. The number of anilines is 1. The van der Waals surface area contributed by atoms with Gasteiger partial charge >= 0.3 is 6.36 Å². The second-order valence-electron chi connectivity index (χ2n) is 9.63. The first-order chi connectivity index (χ1) is 19.7. The standard InChI is InChI=1S/C30H31F3N6OS/c1-21(2)18-24-6-3-4-7-27(24)39-16-5-17-41-29(39)38-37-19-22-8-10-23(11-9-22)28(34)36-20-35-25-12-14-26(15-13-25)40-30(31,32)33/h3-4,6-15,19-21H,5,16-18H2,1-2H3,(H2,34,35,36)/b37-19+,38-29-. The van der Waals surface area contributed by atoms with Crippen molar-refractivity contribution in [2.24, 2.45) is 31.8 Å². The van der Waals surface area contributed by atoms with Gasteiger partial charge in [0.1, 0.15) is 17.9 Å². The van der Waals surface area contributed by atoms with Gasteiger partial charge in [-0.2, -0.15) is 5.10 Å². The van der Waals surface area contributed by atoms with Crippen molar-refractivity contribution in [3.8, 4) is 5.75 Å². The number of benzene rings is 3. The third-order valence-corrected chi connectivity index (χ3v) is 6.98. The van der Waals surface area contributed by atoms with Gasteiger partial charge in [0.15, 0.2) is 5.17 Å². The van der Waals surface area contributed by atoms with E-state index in [0.717, 1.165) is 35.9 Å². The number of para-hydroxylation sites is 1. The molecule has 0 saturated carbocycles. The van der Waals surface area contributed by atoms with Crippen LogP contribution in [0.3, 0.4) is 0 Å². The van der Waals surface area contributed by atoms with Crippen LogP contribution in [0.2, 0.25) is 0 Å². The summed E-state index contributed by atoms with van der Waals surface area (Å²) in [4.78, 5) is 10.5. The van der Waals surface area contributed by atoms with Gasteiger partial charge in [0.05, 0.1) is 11.9 Å². The molecule has 41 heavy (non-hydrogen) atoms. The quantitative estimate of drug-likeness (QED) is 0.165. The molecule has 0 spiro atoms. The number of halogens is 3. The second-order valence-corrected chi connectivity index (χ2v) is 10.7. The predicted molar refractivity (Wildman–Crippen MR) is 163 cm³/mol. The Balaban J connectivity index is 1.39. The van der Waals surface area contributed by atoms with Crippen LogP contribution >= 0.6 is 11.8 Å². The van der Waals surface area contributed by atoms with Gasteiger partial charge in [0.2, 0.25) is 0 Å². The molecular formula is C30H31F3N6OS. The molecule has 11 heteroatoms. The largest absolute Gasteiger partial charge is 0.573 e. The Labute approximate surface area is 241 Å². The third-order valence-electron chi connectivity index (χ3n) is 5.93. The highest BCUT2D eigenvalue weighted by atomic mass is 32.2. The van der Waals surface area contributed by atoms with Crippen molar-refractivity contribution in [3.63, 3.8) is 0 Å². The molecular weight excluding hydrogens is 549 g/mol. The van der Waals surface area contributed by atoms with Crippen molar-refractivity contribution in [3.05, 3.63) is 89.5 Å². The smallest absolute Gasteiger partial charge is 0.406 e. The van der Waals surface area contributed by atoms with Crippen molar-refractivity contribution in [1.82, 2.24) is 0 Å². The molecule has 1 saturated heterocycles. The van der Waals surface area contributed by atoms with E-state index in [2.05, 4.69) is 67.9 Å². The van der Waals surface area contributed by atoms with E-state index in [9.17, 15) is 13.2 Å². The van der Waals surface area contributed by atoms with E-state index in [1.54, 1.807) is 18.0 Å². The van der Waals surface area contributed by atoms with Crippen molar-refractivity contribution in [2.45, 2.75) is 33.1 Å². The predicted octanol–water partition coefficient (Wildman–Crippen LogP) is 7.18. The number of hydrogen-bond acceptors (Lipinski definition) is 5. The second kappa shape index (κ2) is 14.0. The average Bonchev–Trinajstić information content (AvgIpc) is 2.94. The Hall–Kier alpha value is -4.12. The van der Waals surface area contributed by atoms with Crippen LogP contribution in [-0.4, -0.2) is 42.2 Å². The van der Waals surface area contributed by atoms with Crippen LogP contribution in [0.5, 0.6) is 5.75 Å². The molecule has 0 bridgehead atoms. The van der Waals surface area contributed by atoms with Gasteiger partial charge in [-0.15, -0.1) is 18.3 Å². The summed E-state index contributed by atoms with van der Waals surface area (Å²) in [6.45, 7) is 5.36. The lowest BCUT2D eigenvalue weighted by molar-refractivity contribution is -0.274. The Morgan fingerprint density at radius 2 is 1.78 bits per heavy atom. The van der Waals surface area contributed by atoms with E-state index < -0.39 is 6.36 Å². The third kappa shape index (κ3) is 9.21. The van der Waals surface area contributed by atoms with Crippen LogP contribution < -0.4 is 15.4 Å². The van der Waals surface area contributed by atoms with Crippen molar-refractivity contribution in [1.29, 1.82) is 0 Å². The topological polar surface area (TPSA) is 87.9 Å².